The molecule has 6 nitrogen and oxygen atoms in total. The highest BCUT2D eigenvalue weighted by atomic mass is 16.5. The second-order valence-electron chi connectivity index (χ2n) is 4.72. The van der Waals surface area contributed by atoms with Crippen LogP contribution in [0.1, 0.15) is 12.8 Å². The first-order chi connectivity index (χ1) is 9.22. The van der Waals surface area contributed by atoms with Gasteiger partial charge in [0.15, 0.2) is 0 Å². The fraction of sp³-hybridized carbons (Fsp3) is 0.923. The molecular weight excluding hydrogens is 248 g/mol. The minimum atomic E-state index is -0.135. The second-order valence-corrected chi connectivity index (χ2v) is 4.72. The van der Waals surface area contributed by atoms with Crippen LogP contribution in [-0.2, 0) is 19.0 Å². The van der Waals surface area contributed by atoms with Gasteiger partial charge in [0.1, 0.15) is 0 Å². The molecule has 1 fully saturated rings. The molecule has 1 aliphatic rings. The highest BCUT2D eigenvalue weighted by Gasteiger charge is 2.31. The molecule has 1 amide bonds. The number of methoxy groups -OCH3 is 3. The Labute approximate surface area is 115 Å². The third-order valence-corrected chi connectivity index (χ3v) is 3.38. The Morgan fingerprint density at radius 1 is 1.21 bits per heavy atom. The van der Waals surface area contributed by atoms with Crippen LogP contribution in [0, 0.1) is 0 Å². The van der Waals surface area contributed by atoms with E-state index in [0.717, 1.165) is 19.4 Å². The summed E-state index contributed by atoms with van der Waals surface area (Å²) in [5.41, 5.74) is 0. The molecule has 0 saturated carbocycles. The van der Waals surface area contributed by atoms with Crippen molar-refractivity contribution in [3.8, 4) is 0 Å². The van der Waals surface area contributed by atoms with Crippen molar-refractivity contribution in [1.29, 1.82) is 0 Å². The second kappa shape index (κ2) is 9.25. The molecule has 0 spiro atoms. The van der Waals surface area contributed by atoms with E-state index in [9.17, 15) is 4.79 Å². The van der Waals surface area contributed by atoms with Crippen molar-refractivity contribution in [2.75, 3.05) is 54.2 Å². The summed E-state index contributed by atoms with van der Waals surface area (Å²) < 4.78 is 15.4. The molecular formula is C13H26N2O4. The fourth-order valence-electron chi connectivity index (χ4n) is 2.22. The Bertz CT molecular complexity index is 263. The topological polar surface area (TPSA) is 60.0 Å². The quantitative estimate of drug-likeness (QED) is 0.594. The van der Waals surface area contributed by atoms with Crippen LogP contribution in [0.3, 0.4) is 0 Å². The normalized spacial score (nSPS) is 22.7. The van der Waals surface area contributed by atoms with Gasteiger partial charge in [0.25, 0.3) is 0 Å². The number of ether oxygens (including phenoxy) is 3. The van der Waals surface area contributed by atoms with Gasteiger partial charge in [0.2, 0.25) is 5.91 Å². The van der Waals surface area contributed by atoms with E-state index in [4.69, 9.17) is 14.2 Å². The first kappa shape index (κ1) is 16.4. The van der Waals surface area contributed by atoms with Crippen LogP contribution in [0.4, 0.5) is 0 Å². The predicted octanol–water partition coefficient (Wildman–Crippen LogP) is -0.125. The molecule has 6 heteroatoms. The summed E-state index contributed by atoms with van der Waals surface area (Å²) in [5.74, 6) is 0.132. The van der Waals surface area contributed by atoms with Crippen molar-refractivity contribution in [2.24, 2.45) is 0 Å². The maximum absolute atomic E-state index is 12.4. The largest absolute Gasteiger partial charge is 0.385 e. The molecule has 1 saturated heterocycles. The molecule has 1 aliphatic heterocycles. The first-order valence-electron chi connectivity index (χ1n) is 6.75. The summed E-state index contributed by atoms with van der Waals surface area (Å²) in [7, 11) is 5.00. The van der Waals surface area contributed by atoms with E-state index >= 15 is 0 Å². The van der Waals surface area contributed by atoms with Crippen LogP contribution < -0.4 is 5.32 Å². The predicted molar refractivity (Wildman–Crippen MR) is 72.2 cm³/mol. The van der Waals surface area contributed by atoms with Gasteiger partial charge >= 0.3 is 0 Å². The van der Waals surface area contributed by atoms with Crippen molar-refractivity contribution in [1.82, 2.24) is 10.2 Å². The lowest BCUT2D eigenvalue weighted by Gasteiger charge is -2.25. The third-order valence-electron chi connectivity index (χ3n) is 3.38. The number of hydrogen-bond donors (Lipinski definition) is 1. The Hall–Kier alpha value is -0.690. The van der Waals surface area contributed by atoms with Gasteiger partial charge in [0.05, 0.1) is 18.8 Å². The molecule has 1 N–H and O–H groups in total. The number of carbonyl (C=O) groups excluding carboxylic acids is 1. The monoisotopic (exact) mass is 274 g/mol. The highest BCUT2D eigenvalue weighted by molar-refractivity contribution is 5.82. The standard InChI is InChI=1S/C13H26N2O4/c1-17-7-4-5-15(6-8-18-2)13(16)12-9-11(19-3)10-14-12/h11-12,14H,4-10H2,1-3H3. The van der Waals surface area contributed by atoms with Gasteiger partial charge in [-0.25, -0.2) is 0 Å². The molecule has 0 aromatic heterocycles. The number of carbonyl (C=O) groups is 1. The molecule has 0 radical (unpaired) electrons. The van der Waals surface area contributed by atoms with Crippen molar-refractivity contribution < 1.29 is 19.0 Å². The lowest BCUT2D eigenvalue weighted by Crippen LogP contribution is -2.45. The van der Waals surface area contributed by atoms with Crippen LogP contribution in [0.5, 0.6) is 0 Å². The van der Waals surface area contributed by atoms with Crippen LogP contribution in [0.25, 0.3) is 0 Å². The van der Waals surface area contributed by atoms with Gasteiger partial charge in [-0.1, -0.05) is 0 Å². The minimum Gasteiger partial charge on any atom is -0.385 e. The smallest absolute Gasteiger partial charge is 0.239 e. The van der Waals surface area contributed by atoms with E-state index in [1.807, 2.05) is 4.90 Å². The van der Waals surface area contributed by atoms with Crippen molar-refractivity contribution in [2.45, 2.75) is 25.0 Å². The van der Waals surface area contributed by atoms with Gasteiger partial charge in [-0.2, -0.15) is 0 Å². The molecule has 19 heavy (non-hydrogen) atoms. The molecule has 0 bridgehead atoms. The van der Waals surface area contributed by atoms with Gasteiger partial charge in [-0.05, 0) is 12.8 Å². The molecule has 0 aromatic carbocycles. The first-order valence-corrected chi connectivity index (χ1v) is 6.75. The van der Waals surface area contributed by atoms with Crippen molar-refractivity contribution in [3.05, 3.63) is 0 Å². The van der Waals surface area contributed by atoms with E-state index < -0.39 is 0 Å². The summed E-state index contributed by atoms with van der Waals surface area (Å²) in [6.07, 6.45) is 1.72. The molecule has 1 rings (SSSR count). The summed E-state index contributed by atoms with van der Waals surface area (Å²) in [4.78, 5) is 14.3. The van der Waals surface area contributed by atoms with Crippen LogP contribution in [0.2, 0.25) is 0 Å². The van der Waals surface area contributed by atoms with Gasteiger partial charge in [-0.15, -0.1) is 0 Å². The number of nitrogens with one attached hydrogen (secondary N) is 1. The maximum atomic E-state index is 12.4. The molecule has 2 atom stereocenters. The Balaban J connectivity index is 2.45. The average Bonchev–Trinajstić information content (AvgIpc) is 2.91. The number of rotatable bonds is 9. The average molecular weight is 274 g/mol. The SMILES string of the molecule is COCCCN(CCOC)C(=O)C1CC(OC)CN1. The van der Waals surface area contributed by atoms with Crippen LogP contribution in [0.15, 0.2) is 0 Å². The van der Waals surface area contributed by atoms with Crippen molar-refractivity contribution in [3.63, 3.8) is 0 Å². The summed E-state index contributed by atoms with van der Waals surface area (Å²) in [5, 5.41) is 3.22. The van der Waals surface area contributed by atoms with Crippen molar-refractivity contribution >= 4 is 5.91 Å². The number of hydrogen-bond acceptors (Lipinski definition) is 5. The van der Waals surface area contributed by atoms with E-state index in [-0.39, 0.29) is 18.1 Å². The van der Waals surface area contributed by atoms with Gasteiger partial charge in [-0.3, -0.25) is 4.79 Å². The molecule has 1 heterocycles. The van der Waals surface area contributed by atoms with Gasteiger partial charge < -0.3 is 24.4 Å². The van der Waals surface area contributed by atoms with Crippen LogP contribution in [-0.4, -0.2) is 77.1 Å². The summed E-state index contributed by atoms with van der Waals surface area (Å²) in [6, 6.07) is -0.135. The number of amides is 1. The van der Waals surface area contributed by atoms with Gasteiger partial charge in [0, 0.05) is 47.6 Å². The van der Waals surface area contributed by atoms with E-state index in [0.29, 0.717) is 26.3 Å². The lowest BCUT2D eigenvalue weighted by atomic mass is 10.1. The highest BCUT2D eigenvalue weighted by Crippen LogP contribution is 2.12. The fourth-order valence-corrected chi connectivity index (χ4v) is 2.22. The number of nitrogens with zero attached hydrogens (tertiary/aromatic N) is 1. The lowest BCUT2D eigenvalue weighted by molar-refractivity contribution is -0.134. The zero-order valence-electron chi connectivity index (χ0n) is 12.2. The van der Waals surface area contributed by atoms with Crippen LogP contribution >= 0.6 is 0 Å². The molecule has 0 aliphatic carbocycles. The maximum Gasteiger partial charge on any atom is 0.239 e. The van der Waals surface area contributed by atoms with E-state index in [1.54, 1.807) is 21.3 Å². The Morgan fingerprint density at radius 2 is 1.95 bits per heavy atom. The third kappa shape index (κ3) is 5.44. The zero-order valence-corrected chi connectivity index (χ0v) is 12.2. The zero-order chi connectivity index (χ0) is 14.1. The summed E-state index contributed by atoms with van der Waals surface area (Å²) >= 11 is 0. The Kier molecular flexibility index (Phi) is 7.97. The molecule has 112 valence electrons. The minimum absolute atomic E-state index is 0.132. The summed E-state index contributed by atoms with van der Waals surface area (Å²) in [6.45, 7) is 3.28. The molecule has 2 unspecified atom stereocenters. The Morgan fingerprint density at radius 3 is 2.53 bits per heavy atom. The molecule has 0 aromatic rings. The van der Waals surface area contributed by atoms with E-state index in [1.165, 1.54) is 0 Å². The van der Waals surface area contributed by atoms with E-state index in [2.05, 4.69) is 5.32 Å².